The number of aromatic nitrogens is 2. The van der Waals surface area contributed by atoms with Gasteiger partial charge in [0, 0.05) is 17.0 Å². The average Bonchev–Trinajstić information content (AvgIpc) is 2.94. The lowest BCUT2D eigenvalue weighted by Crippen LogP contribution is -2.35. The fraction of sp³-hybridized carbons (Fsp3) is 0.267. The van der Waals surface area contributed by atoms with E-state index >= 15 is 0 Å². The van der Waals surface area contributed by atoms with Crippen LogP contribution in [-0.4, -0.2) is 23.0 Å². The minimum absolute atomic E-state index is 0.232. The van der Waals surface area contributed by atoms with Crippen molar-refractivity contribution in [1.29, 1.82) is 0 Å². The van der Waals surface area contributed by atoms with Gasteiger partial charge in [-0.2, -0.15) is 0 Å². The van der Waals surface area contributed by atoms with E-state index in [9.17, 15) is 0 Å². The van der Waals surface area contributed by atoms with Crippen molar-refractivity contribution in [2.45, 2.75) is 20.0 Å². The second-order valence-corrected chi connectivity index (χ2v) is 4.99. The summed E-state index contributed by atoms with van der Waals surface area (Å²) in [5, 5.41) is 3.07. The third kappa shape index (κ3) is 2.99. The molecule has 7 heteroatoms. The second kappa shape index (κ2) is 5.98. The molecule has 114 valence electrons. The Hall–Kier alpha value is -2.67. The van der Waals surface area contributed by atoms with Crippen molar-refractivity contribution in [2.24, 2.45) is 4.99 Å². The maximum absolute atomic E-state index is 5.36. The van der Waals surface area contributed by atoms with Crippen molar-refractivity contribution in [3.8, 4) is 5.75 Å². The highest BCUT2D eigenvalue weighted by molar-refractivity contribution is 5.92. The zero-order chi connectivity index (χ0) is 15.5. The van der Waals surface area contributed by atoms with E-state index in [1.54, 1.807) is 7.11 Å². The molecule has 0 aliphatic carbocycles. The smallest absolute Gasteiger partial charge is 0.229 e. The van der Waals surface area contributed by atoms with E-state index in [0.29, 0.717) is 11.9 Å². The van der Waals surface area contributed by atoms with Crippen LogP contribution in [0.2, 0.25) is 0 Å². The van der Waals surface area contributed by atoms with Gasteiger partial charge in [0.25, 0.3) is 0 Å². The number of nitrogens with zero attached hydrogens (tertiary/aromatic N) is 3. The van der Waals surface area contributed by atoms with Gasteiger partial charge in [-0.15, -0.1) is 0 Å². The summed E-state index contributed by atoms with van der Waals surface area (Å²) in [6.07, 6.45) is -0.232. The summed E-state index contributed by atoms with van der Waals surface area (Å²) in [6, 6.07) is 9.68. The number of aliphatic imine (C=N–C) groups is 1. The SMILES string of the molecule is COc1ccccc1C1N=C(Nc2nc(C)cc(C)n2)NN1. The van der Waals surface area contributed by atoms with Gasteiger partial charge in [-0.3, -0.25) is 10.7 Å². The highest BCUT2D eigenvalue weighted by Gasteiger charge is 2.21. The Kier molecular flexibility index (Phi) is 3.88. The first-order chi connectivity index (χ1) is 10.7. The molecule has 22 heavy (non-hydrogen) atoms. The van der Waals surface area contributed by atoms with Gasteiger partial charge in [0.05, 0.1) is 7.11 Å². The van der Waals surface area contributed by atoms with Gasteiger partial charge in [0.15, 0.2) is 0 Å². The Morgan fingerprint density at radius 1 is 1.14 bits per heavy atom. The van der Waals surface area contributed by atoms with Crippen LogP contribution in [0.15, 0.2) is 35.3 Å². The molecule has 1 aromatic carbocycles. The Morgan fingerprint density at radius 2 is 1.86 bits per heavy atom. The molecule has 0 spiro atoms. The van der Waals surface area contributed by atoms with Crippen LogP contribution in [0.5, 0.6) is 5.75 Å². The molecule has 1 aromatic heterocycles. The quantitative estimate of drug-likeness (QED) is 0.799. The molecule has 0 saturated carbocycles. The molecule has 0 amide bonds. The number of anilines is 1. The summed E-state index contributed by atoms with van der Waals surface area (Å²) >= 11 is 0. The zero-order valence-corrected chi connectivity index (χ0v) is 12.7. The molecule has 7 nitrogen and oxygen atoms in total. The number of methoxy groups -OCH3 is 1. The highest BCUT2D eigenvalue weighted by atomic mass is 16.5. The molecule has 3 rings (SSSR count). The summed E-state index contributed by atoms with van der Waals surface area (Å²) in [5.41, 5.74) is 8.86. The Bertz CT molecular complexity index is 695. The molecular weight excluding hydrogens is 280 g/mol. The lowest BCUT2D eigenvalue weighted by atomic mass is 10.1. The van der Waals surface area contributed by atoms with Crippen molar-refractivity contribution < 1.29 is 4.74 Å². The Labute approximate surface area is 128 Å². The molecule has 1 atom stereocenters. The maximum Gasteiger partial charge on any atom is 0.229 e. The van der Waals surface area contributed by atoms with Gasteiger partial charge in [0.1, 0.15) is 11.9 Å². The first-order valence-corrected chi connectivity index (χ1v) is 6.97. The first kappa shape index (κ1) is 14.3. The summed E-state index contributed by atoms with van der Waals surface area (Å²) < 4.78 is 5.36. The van der Waals surface area contributed by atoms with Crippen LogP contribution in [0.25, 0.3) is 0 Å². The van der Waals surface area contributed by atoms with Crippen molar-refractivity contribution in [3.63, 3.8) is 0 Å². The topological polar surface area (TPSA) is 83.5 Å². The normalized spacial score (nSPS) is 16.9. The number of rotatable bonds is 3. The van der Waals surface area contributed by atoms with Crippen LogP contribution in [0.1, 0.15) is 23.1 Å². The van der Waals surface area contributed by atoms with Crippen molar-refractivity contribution >= 4 is 11.9 Å². The van der Waals surface area contributed by atoms with E-state index in [2.05, 4.69) is 31.1 Å². The molecule has 1 unspecified atom stereocenters. The third-order valence-electron chi connectivity index (χ3n) is 3.23. The molecular formula is C15H18N6O. The molecule has 1 aliphatic rings. The largest absolute Gasteiger partial charge is 0.496 e. The summed E-state index contributed by atoms with van der Waals surface area (Å²) in [5.74, 6) is 1.88. The summed E-state index contributed by atoms with van der Waals surface area (Å²) in [4.78, 5) is 13.2. The fourth-order valence-corrected chi connectivity index (χ4v) is 2.32. The molecule has 0 fully saturated rings. The molecule has 2 heterocycles. The van der Waals surface area contributed by atoms with E-state index in [1.165, 1.54) is 0 Å². The summed E-state index contributed by atoms with van der Waals surface area (Å²) in [6.45, 7) is 3.86. The van der Waals surface area contributed by atoms with Crippen LogP contribution in [-0.2, 0) is 0 Å². The third-order valence-corrected chi connectivity index (χ3v) is 3.23. The van der Waals surface area contributed by atoms with E-state index in [1.807, 2.05) is 44.2 Å². The number of hydrogen-bond donors (Lipinski definition) is 3. The zero-order valence-electron chi connectivity index (χ0n) is 12.7. The van der Waals surface area contributed by atoms with E-state index in [0.717, 1.165) is 22.7 Å². The van der Waals surface area contributed by atoms with Crippen LogP contribution in [0, 0.1) is 13.8 Å². The van der Waals surface area contributed by atoms with Gasteiger partial charge in [-0.05, 0) is 26.0 Å². The van der Waals surface area contributed by atoms with Gasteiger partial charge in [-0.1, -0.05) is 18.2 Å². The Morgan fingerprint density at radius 3 is 2.59 bits per heavy atom. The van der Waals surface area contributed by atoms with Crippen molar-refractivity contribution in [3.05, 3.63) is 47.3 Å². The minimum Gasteiger partial charge on any atom is -0.496 e. The van der Waals surface area contributed by atoms with E-state index in [-0.39, 0.29) is 6.17 Å². The number of benzene rings is 1. The number of nitrogens with one attached hydrogen (secondary N) is 3. The van der Waals surface area contributed by atoms with Crippen molar-refractivity contribution in [2.75, 3.05) is 12.4 Å². The maximum atomic E-state index is 5.36. The van der Waals surface area contributed by atoms with Gasteiger partial charge in [0.2, 0.25) is 11.9 Å². The lowest BCUT2D eigenvalue weighted by Gasteiger charge is -2.11. The molecule has 0 saturated heterocycles. The van der Waals surface area contributed by atoms with E-state index in [4.69, 9.17) is 4.74 Å². The number of hydrogen-bond acceptors (Lipinski definition) is 7. The fourth-order valence-electron chi connectivity index (χ4n) is 2.32. The minimum atomic E-state index is -0.232. The van der Waals surface area contributed by atoms with Gasteiger partial charge < -0.3 is 4.74 Å². The number of ether oxygens (including phenoxy) is 1. The molecule has 2 aromatic rings. The second-order valence-electron chi connectivity index (χ2n) is 4.99. The van der Waals surface area contributed by atoms with E-state index < -0.39 is 0 Å². The number of aryl methyl sites for hydroxylation is 2. The van der Waals surface area contributed by atoms with Crippen molar-refractivity contribution in [1.82, 2.24) is 20.8 Å². The average molecular weight is 298 g/mol. The van der Waals surface area contributed by atoms with Crippen LogP contribution < -0.4 is 20.9 Å². The highest BCUT2D eigenvalue weighted by Crippen LogP contribution is 2.26. The monoisotopic (exact) mass is 298 g/mol. The number of hydrazine groups is 1. The van der Waals surface area contributed by atoms with Crippen LogP contribution >= 0.6 is 0 Å². The first-order valence-electron chi connectivity index (χ1n) is 6.97. The molecule has 3 N–H and O–H groups in total. The lowest BCUT2D eigenvalue weighted by molar-refractivity contribution is 0.401. The van der Waals surface area contributed by atoms with Gasteiger partial charge >= 0.3 is 0 Å². The molecule has 0 bridgehead atoms. The standard InChI is InChI=1S/C15H18N6O/c1-9-8-10(2)17-14(16-9)19-15-18-13(20-21-15)11-6-4-5-7-12(11)22-3/h4-8,13,20H,1-3H3,(H2,16,17,18,19,21). The van der Waals surface area contributed by atoms with Crippen LogP contribution in [0.3, 0.4) is 0 Å². The van der Waals surface area contributed by atoms with Gasteiger partial charge in [-0.25, -0.2) is 20.4 Å². The number of guanidine groups is 1. The summed E-state index contributed by atoms with van der Waals surface area (Å²) in [7, 11) is 1.65. The Balaban J connectivity index is 1.79. The van der Waals surface area contributed by atoms with Crippen LogP contribution in [0.4, 0.5) is 5.95 Å². The predicted molar refractivity (Wildman–Crippen MR) is 84.6 cm³/mol. The molecule has 0 radical (unpaired) electrons. The molecule has 1 aliphatic heterocycles. The predicted octanol–water partition coefficient (Wildman–Crippen LogP) is 1.68. The number of para-hydroxylation sites is 1.